The maximum absolute atomic E-state index is 12.2. The van der Waals surface area contributed by atoms with Crippen molar-refractivity contribution in [2.24, 2.45) is 0 Å². The number of likely N-dealkylation sites (N-methyl/N-ethyl adjacent to an activating group) is 2. The number of rotatable bonds is 9. The number of hydrogen-bond acceptors (Lipinski definition) is 6. The lowest BCUT2D eigenvalue weighted by Gasteiger charge is -2.28. The fourth-order valence-corrected chi connectivity index (χ4v) is 3.40. The molecule has 1 fully saturated rings. The molecule has 29 heavy (non-hydrogen) atoms. The summed E-state index contributed by atoms with van der Waals surface area (Å²) in [5, 5.41) is 0.164. The predicted molar refractivity (Wildman–Crippen MR) is 112 cm³/mol. The number of benzene rings is 1. The van der Waals surface area contributed by atoms with Gasteiger partial charge in [0, 0.05) is 26.8 Å². The Kier molecular flexibility index (Phi) is 8.45. The van der Waals surface area contributed by atoms with Crippen molar-refractivity contribution in [2.45, 2.75) is 32.6 Å². The summed E-state index contributed by atoms with van der Waals surface area (Å²) in [7, 11) is 2.70. The molecule has 4 amide bonds. The van der Waals surface area contributed by atoms with Crippen LogP contribution in [0.1, 0.15) is 38.2 Å². The second kappa shape index (κ2) is 10.8. The number of ether oxygens (including phenoxy) is 1. The van der Waals surface area contributed by atoms with Gasteiger partial charge in [0.05, 0.1) is 6.61 Å². The normalized spacial score (nSPS) is 14.4. The van der Waals surface area contributed by atoms with E-state index in [9.17, 15) is 19.2 Å². The third-order valence-corrected chi connectivity index (χ3v) is 5.35. The van der Waals surface area contributed by atoms with Crippen LogP contribution in [-0.4, -0.2) is 59.2 Å². The number of barbiturate groups is 1. The highest BCUT2D eigenvalue weighted by atomic mass is 32.2. The maximum Gasteiger partial charge on any atom is 0.333 e. The van der Waals surface area contributed by atoms with Crippen LogP contribution in [-0.2, 0) is 14.4 Å². The molecular weight excluding hydrogens is 392 g/mol. The van der Waals surface area contributed by atoms with Crippen molar-refractivity contribution in [2.75, 3.05) is 26.5 Å². The van der Waals surface area contributed by atoms with Crippen molar-refractivity contribution in [1.29, 1.82) is 0 Å². The smallest absolute Gasteiger partial charge is 0.333 e. The van der Waals surface area contributed by atoms with E-state index in [-0.39, 0.29) is 10.7 Å². The number of amides is 4. The van der Waals surface area contributed by atoms with Gasteiger partial charge < -0.3 is 4.74 Å². The molecule has 0 N–H and O–H groups in total. The van der Waals surface area contributed by atoms with Crippen LogP contribution in [0.3, 0.4) is 0 Å². The van der Waals surface area contributed by atoms with Gasteiger partial charge in [-0.05, 0) is 36.6 Å². The molecule has 1 aliphatic rings. The molecule has 0 aromatic heterocycles. The summed E-state index contributed by atoms with van der Waals surface area (Å²) in [6.45, 7) is 2.19. The summed E-state index contributed by atoms with van der Waals surface area (Å²) in [6, 6.07) is 6.45. The van der Waals surface area contributed by atoms with Crippen LogP contribution in [0.2, 0.25) is 0 Å². The van der Waals surface area contributed by atoms with Crippen molar-refractivity contribution >= 4 is 40.8 Å². The van der Waals surface area contributed by atoms with Crippen LogP contribution >= 0.6 is 11.8 Å². The molecule has 0 spiro atoms. The van der Waals surface area contributed by atoms with Crippen molar-refractivity contribution in [1.82, 2.24) is 9.80 Å². The number of hydrogen-bond donors (Lipinski definition) is 0. The van der Waals surface area contributed by atoms with Gasteiger partial charge >= 0.3 is 6.03 Å². The number of thioether (sulfide) groups is 1. The molecule has 1 aromatic rings. The van der Waals surface area contributed by atoms with Gasteiger partial charge in [-0.25, -0.2) is 4.79 Å². The number of imide groups is 2. The molecule has 0 aliphatic carbocycles. The second-order valence-electron chi connectivity index (χ2n) is 6.74. The third kappa shape index (κ3) is 6.45. The first kappa shape index (κ1) is 22.7. The predicted octanol–water partition coefficient (Wildman–Crippen LogP) is 3.34. The molecule has 0 bridgehead atoms. The van der Waals surface area contributed by atoms with Crippen molar-refractivity contribution in [3.63, 3.8) is 0 Å². The molecular formula is C21H26N2O5S. The minimum absolute atomic E-state index is 0.0498. The van der Waals surface area contributed by atoms with Crippen LogP contribution in [0.25, 0.3) is 6.08 Å². The summed E-state index contributed by atoms with van der Waals surface area (Å²) < 4.78 is 5.71. The van der Waals surface area contributed by atoms with Crippen LogP contribution < -0.4 is 4.74 Å². The molecule has 1 aliphatic heterocycles. The Balaban J connectivity index is 1.82. The van der Waals surface area contributed by atoms with E-state index < -0.39 is 17.8 Å². The van der Waals surface area contributed by atoms with E-state index >= 15 is 0 Å². The lowest BCUT2D eigenvalue weighted by Crippen LogP contribution is -2.52. The van der Waals surface area contributed by atoms with Gasteiger partial charge in [-0.3, -0.25) is 24.2 Å². The number of carbonyl (C=O) groups is 4. The zero-order valence-electron chi connectivity index (χ0n) is 17.0. The Bertz CT molecular complexity index is 778. The third-order valence-electron chi connectivity index (χ3n) is 4.45. The molecule has 1 heterocycles. The summed E-state index contributed by atoms with van der Waals surface area (Å²) in [5.74, 6) is 0.364. The van der Waals surface area contributed by atoms with E-state index in [1.165, 1.54) is 31.9 Å². The molecule has 1 aromatic carbocycles. The molecule has 7 nitrogen and oxygen atoms in total. The standard InChI is InChI=1S/C21H26N2O5S/c1-15(24)29-13-7-5-4-6-12-28-17-10-8-16(9-11-17)14-18-19(25)22(2)21(27)23(3)20(18)26/h8-11,14H,4-7,12-13H2,1-3H3. The van der Waals surface area contributed by atoms with E-state index in [4.69, 9.17) is 4.74 Å². The fourth-order valence-electron chi connectivity index (χ4n) is 2.77. The molecule has 2 rings (SSSR count). The molecule has 156 valence electrons. The SMILES string of the molecule is CC(=O)SCCCCCCOc1ccc(C=C2C(=O)N(C)C(=O)N(C)C2=O)cc1. The number of unbranched alkanes of at least 4 members (excludes halogenated alkanes) is 3. The summed E-state index contributed by atoms with van der Waals surface area (Å²) >= 11 is 1.37. The van der Waals surface area contributed by atoms with E-state index in [1.54, 1.807) is 31.2 Å². The zero-order chi connectivity index (χ0) is 21.4. The second-order valence-corrected chi connectivity index (χ2v) is 8.01. The topological polar surface area (TPSA) is 84.0 Å². The molecule has 0 unspecified atom stereocenters. The summed E-state index contributed by atoms with van der Waals surface area (Å²) in [4.78, 5) is 48.9. The number of carbonyl (C=O) groups excluding carboxylic acids is 4. The van der Waals surface area contributed by atoms with Gasteiger partial charge in [0.25, 0.3) is 11.8 Å². The minimum Gasteiger partial charge on any atom is -0.494 e. The van der Waals surface area contributed by atoms with E-state index in [2.05, 4.69) is 0 Å². The molecule has 0 saturated carbocycles. The highest BCUT2D eigenvalue weighted by Gasteiger charge is 2.37. The van der Waals surface area contributed by atoms with Crippen LogP contribution in [0, 0.1) is 0 Å². The number of nitrogens with zero attached hydrogens (tertiary/aromatic N) is 2. The van der Waals surface area contributed by atoms with Crippen LogP contribution in [0.4, 0.5) is 4.79 Å². The Labute approximate surface area is 175 Å². The first-order valence-electron chi connectivity index (χ1n) is 9.49. The van der Waals surface area contributed by atoms with Gasteiger partial charge in [-0.15, -0.1) is 0 Å². The fraction of sp³-hybridized carbons (Fsp3) is 0.429. The van der Waals surface area contributed by atoms with E-state index in [0.717, 1.165) is 41.2 Å². The molecule has 1 saturated heterocycles. The van der Waals surface area contributed by atoms with Crippen LogP contribution in [0.5, 0.6) is 5.75 Å². The average Bonchev–Trinajstić information content (AvgIpc) is 2.71. The quantitative estimate of drug-likeness (QED) is 0.347. The van der Waals surface area contributed by atoms with Gasteiger partial charge in [0.15, 0.2) is 5.12 Å². The summed E-state index contributed by atoms with van der Waals surface area (Å²) in [6.07, 6.45) is 5.57. The van der Waals surface area contributed by atoms with Gasteiger partial charge in [-0.2, -0.15) is 0 Å². The van der Waals surface area contributed by atoms with Gasteiger partial charge in [0.1, 0.15) is 11.3 Å². The molecule has 0 radical (unpaired) electrons. The maximum atomic E-state index is 12.2. The Morgan fingerprint density at radius 2 is 1.55 bits per heavy atom. The largest absolute Gasteiger partial charge is 0.494 e. The van der Waals surface area contributed by atoms with Gasteiger partial charge in [-0.1, -0.05) is 36.7 Å². The Hall–Kier alpha value is -2.61. The van der Waals surface area contributed by atoms with Crippen molar-refractivity contribution in [3.8, 4) is 5.75 Å². The Morgan fingerprint density at radius 3 is 2.14 bits per heavy atom. The highest BCUT2D eigenvalue weighted by Crippen LogP contribution is 2.20. The number of urea groups is 1. The van der Waals surface area contributed by atoms with E-state index in [1.807, 2.05) is 0 Å². The lowest BCUT2D eigenvalue weighted by molar-refractivity contribution is -0.134. The zero-order valence-corrected chi connectivity index (χ0v) is 17.8. The minimum atomic E-state index is -0.640. The monoisotopic (exact) mass is 418 g/mol. The van der Waals surface area contributed by atoms with Crippen LogP contribution in [0.15, 0.2) is 29.8 Å². The molecule has 8 heteroatoms. The molecule has 0 atom stereocenters. The highest BCUT2D eigenvalue weighted by molar-refractivity contribution is 8.13. The average molecular weight is 419 g/mol. The lowest BCUT2D eigenvalue weighted by atomic mass is 10.1. The first-order valence-corrected chi connectivity index (χ1v) is 10.5. The van der Waals surface area contributed by atoms with Crippen molar-refractivity contribution < 1.29 is 23.9 Å². The van der Waals surface area contributed by atoms with E-state index in [0.29, 0.717) is 17.9 Å². The Morgan fingerprint density at radius 1 is 0.966 bits per heavy atom. The summed E-state index contributed by atoms with van der Waals surface area (Å²) in [5.41, 5.74) is 0.624. The van der Waals surface area contributed by atoms with Gasteiger partial charge in [0.2, 0.25) is 0 Å². The first-order chi connectivity index (χ1) is 13.8. The van der Waals surface area contributed by atoms with Crippen molar-refractivity contribution in [3.05, 3.63) is 35.4 Å².